The zero-order valence-corrected chi connectivity index (χ0v) is 15.3. The average Bonchev–Trinajstić information content (AvgIpc) is 3.15. The molecular weight excluding hydrogens is 374 g/mol. The minimum atomic E-state index is -4.06. The minimum absolute atomic E-state index is 0.0658. The summed E-state index contributed by atoms with van der Waals surface area (Å²) in [4.78, 5) is 11.9. The maximum absolute atomic E-state index is 12.9. The minimum Gasteiger partial charge on any atom is -0.495 e. The lowest BCUT2D eigenvalue weighted by atomic mass is 10.1. The van der Waals surface area contributed by atoms with Crippen LogP contribution >= 0.6 is 11.3 Å². The van der Waals surface area contributed by atoms with E-state index >= 15 is 0 Å². The van der Waals surface area contributed by atoms with Gasteiger partial charge in [0.1, 0.15) is 10.6 Å². The molecule has 3 rings (SSSR count). The van der Waals surface area contributed by atoms with Gasteiger partial charge in [0.2, 0.25) is 0 Å². The van der Waals surface area contributed by atoms with Crippen LogP contribution in [0.15, 0.2) is 64.9 Å². The number of ether oxygens (including phenoxy) is 1. The van der Waals surface area contributed by atoms with Crippen molar-refractivity contribution < 1.29 is 23.1 Å². The molecule has 0 unspecified atom stereocenters. The molecule has 3 aromatic rings. The Balaban J connectivity index is 2.06. The van der Waals surface area contributed by atoms with Gasteiger partial charge in [0, 0.05) is 10.4 Å². The molecule has 0 bridgehead atoms. The van der Waals surface area contributed by atoms with Crippen LogP contribution in [0.5, 0.6) is 5.75 Å². The number of methoxy groups -OCH3 is 1. The first kappa shape index (κ1) is 18.0. The summed E-state index contributed by atoms with van der Waals surface area (Å²) >= 11 is 1.49. The summed E-state index contributed by atoms with van der Waals surface area (Å²) in [6, 6.07) is 14.5. The van der Waals surface area contributed by atoms with Gasteiger partial charge < -0.3 is 9.84 Å². The molecular formula is C18H15NO5S2. The summed E-state index contributed by atoms with van der Waals surface area (Å²) < 4.78 is 33.4. The number of carboxylic acids is 1. The third kappa shape index (κ3) is 3.56. The molecule has 0 aliphatic heterocycles. The lowest BCUT2D eigenvalue weighted by Gasteiger charge is -2.14. The second kappa shape index (κ2) is 7.19. The first-order valence-electron chi connectivity index (χ1n) is 7.49. The molecule has 1 heterocycles. The standard InChI is InChI=1S/C18H15NO5S2/c1-24-15-9-8-12(18(20)21)11-17(15)26(22,23)19-14-6-3-2-5-13(14)16-7-4-10-25-16/h2-11,19H,1H3,(H,20,21). The van der Waals surface area contributed by atoms with Crippen molar-refractivity contribution in [3.63, 3.8) is 0 Å². The Bertz CT molecular complexity index is 1040. The van der Waals surface area contributed by atoms with Crippen LogP contribution in [0.3, 0.4) is 0 Å². The highest BCUT2D eigenvalue weighted by Crippen LogP contribution is 2.34. The highest BCUT2D eigenvalue weighted by molar-refractivity contribution is 7.92. The highest BCUT2D eigenvalue weighted by atomic mass is 32.2. The molecule has 2 N–H and O–H groups in total. The van der Waals surface area contributed by atoms with Gasteiger partial charge >= 0.3 is 5.97 Å². The lowest BCUT2D eigenvalue weighted by Crippen LogP contribution is -2.15. The second-order valence-corrected chi connectivity index (χ2v) is 7.90. The number of carbonyl (C=O) groups is 1. The van der Waals surface area contributed by atoms with Gasteiger partial charge in [0.05, 0.1) is 18.4 Å². The number of sulfonamides is 1. The molecule has 0 fully saturated rings. The summed E-state index contributed by atoms with van der Waals surface area (Å²) in [5, 5.41) is 11.0. The molecule has 0 atom stereocenters. The number of rotatable bonds is 6. The van der Waals surface area contributed by atoms with Crippen molar-refractivity contribution in [3.8, 4) is 16.2 Å². The van der Waals surface area contributed by atoms with Crippen LogP contribution in [0.1, 0.15) is 10.4 Å². The predicted molar refractivity (Wildman–Crippen MR) is 101 cm³/mol. The smallest absolute Gasteiger partial charge is 0.335 e. The maximum Gasteiger partial charge on any atom is 0.335 e. The van der Waals surface area contributed by atoms with Crippen molar-refractivity contribution in [2.45, 2.75) is 4.90 Å². The van der Waals surface area contributed by atoms with Crippen molar-refractivity contribution in [2.24, 2.45) is 0 Å². The fourth-order valence-electron chi connectivity index (χ4n) is 2.44. The van der Waals surface area contributed by atoms with Crippen LogP contribution in [0.25, 0.3) is 10.4 Å². The SMILES string of the molecule is COc1ccc(C(=O)O)cc1S(=O)(=O)Nc1ccccc1-c1cccs1. The number of nitrogens with one attached hydrogen (secondary N) is 1. The molecule has 0 aliphatic rings. The Kier molecular flexibility index (Phi) is 4.97. The lowest BCUT2D eigenvalue weighted by molar-refractivity contribution is 0.0696. The fourth-order valence-corrected chi connectivity index (χ4v) is 4.48. The summed E-state index contributed by atoms with van der Waals surface area (Å²) in [5.41, 5.74) is 0.995. The van der Waals surface area contributed by atoms with Crippen LogP contribution in [0.4, 0.5) is 5.69 Å². The summed E-state index contributed by atoms with van der Waals surface area (Å²) in [6.07, 6.45) is 0. The van der Waals surface area contributed by atoms with Crippen LogP contribution in [0.2, 0.25) is 0 Å². The van der Waals surface area contributed by atoms with E-state index in [0.29, 0.717) is 5.69 Å². The molecule has 0 saturated heterocycles. The van der Waals surface area contributed by atoms with Crippen molar-refractivity contribution in [1.29, 1.82) is 0 Å². The number of para-hydroxylation sites is 1. The van der Waals surface area contributed by atoms with Crippen molar-refractivity contribution in [1.82, 2.24) is 0 Å². The van der Waals surface area contributed by atoms with E-state index < -0.39 is 16.0 Å². The number of thiophene rings is 1. The van der Waals surface area contributed by atoms with E-state index in [1.165, 1.54) is 30.6 Å². The third-order valence-electron chi connectivity index (χ3n) is 3.66. The Morgan fingerprint density at radius 3 is 2.54 bits per heavy atom. The average molecular weight is 389 g/mol. The van der Waals surface area contributed by atoms with Crippen molar-refractivity contribution >= 4 is 33.0 Å². The number of benzene rings is 2. The van der Waals surface area contributed by atoms with Gasteiger partial charge in [-0.25, -0.2) is 13.2 Å². The molecule has 0 saturated carbocycles. The second-order valence-electron chi connectivity index (χ2n) is 5.30. The number of hydrogen-bond donors (Lipinski definition) is 2. The van der Waals surface area contributed by atoms with Gasteiger partial charge in [-0.15, -0.1) is 11.3 Å². The molecule has 2 aromatic carbocycles. The summed E-state index contributed by atoms with van der Waals surface area (Å²) in [7, 11) is -2.73. The highest BCUT2D eigenvalue weighted by Gasteiger charge is 2.23. The van der Waals surface area contributed by atoms with Gasteiger partial charge in [-0.2, -0.15) is 0 Å². The van der Waals surface area contributed by atoms with Gasteiger partial charge in [0.15, 0.2) is 0 Å². The topological polar surface area (TPSA) is 92.7 Å². The van der Waals surface area contributed by atoms with Gasteiger partial charge in [0.25, 0.3) is 10.0 Å². The van der Waals surface area contributed by atoms with Crippen molar-refractivity contribution in [3.05, 3.63) is 65.5 Å². The molecule has 8 heteroatoms. The number of carboxylic acid groups (broad SMARTS) is 1. The molecule has 0 aliphatic carbocycles. The number of aromatic carboxylic acids is 1. The quantitative estimate of drug-likeness (QED) is 0.666. The predicted octanol–water partition coefficient (Wildman–Crippen LogP) is 3.92. The zero-order chi connectivity index (χ0) is 18.7. The first-order valence-corrected chi connectivity index (χ1v) is 9.86. The van der Waals surface area contributed by atoms with Gasteiger partial charge in [-0.05, 0) is 35.7 Å². The van der Waals surface area contributed by atoms with E-state index in [2.05, 4.69) is 4.72 Å². The zero-order valence-electron chi connectivity index (χ0n) is 13.7. The van der Waals surface area contributed by atoms with Gasteiger partial charge in [-0.1, -0.05) is 24.3 Å². The maximum atomic E-state index is 12.9. The Hall–Kier alpha value is -2.84. The molecule has 26 heavy (non-hydrogen) atoms. The van der Waals surface area contributed by atoms with Crippen LogP contribution < -0.4 is 9.46 Å². The van der Waals surface area contributed by atoms with E-state index in [0.717, 1.165) is 16.5 Å². The van der Waals surface area contributed by atoms with Crippen molar-refractivity contribution in [2.75, 3.05) is 11.8 Å². The monoisotopic (exact) mass is 389 g/mol. The number of anilines is 1. The van der Waals surface area contributed by atoms with Crippen LogP contribution in [-0.2, 0) is 10.0 Å². The largest absolute Gasteiger partial charge is 0.495 e. The molecule has 134 valence electrons. The molecule has 0 amide bonds. The normalized spacial score (nSPS) is 11.1. The van der Waals surface area contributed by atoms with Gasteiger partial charge in [-0.3, -0.25) is 4.72 Å². The first-order chi connectivity index (χ1) is 12.4. The third-order valence-corrected chi connectivity index (χ3v) is 5.95. The Labute approximate surface area is 154 Å². The molecule has 6 nitrogen and oxygen atoms in total. The van der Waals surface area contributed by atoms with E-state index in [1.54, 1.807) is 12.1 Å². The molecule has 0 radical (unpaired) electrons. The summed E-state index contributed by atoms with van der Waals surface area (Å²) in [6.45, 7) is 0. The van der Waals surface area contributed by atoms with E-state index in [1.807, 2.05) is 29.6 Å². The summed E-state index contributed by atoms with van der Waals surface area (Å²) in [5.74, 6) is -1.15. The van der Waals surface area contributed by atoms with E-state index in [9.17, 15) is 13.2 Å². The Morgan fingerprint density at radius 2 is 1.88 bits per heavy atom. The van der Waals surface area contributed by atoms with Crippen LogP contribution in [-0.4, -0.2) is 26.6 Å². The number of hydrogen-bond acceptors (Lipinski definition) is 5. The van der Waals surface area contributed by atoms with E-state index in [-0.39, 0.29) is 16.2 Å². The fraction of sp³-hybridized carbons (Fsp3) is 0.0556. The molecule has 0 spiro atoms. The van der Waals surface area contributed by atoms with Crippen LogP contribution in [0, 0.1) is 0 Å². The van der Waals surface area contributed by atoms with E-state index in [4.69, 9.17) is 9.84 Å². The Morgan fingerprint density at radius 1 is 1.12 bits per heavy atom. The molecule has 1 aromatic heterocycles.